The van der Waals surface area contributed by atoms with Crippen molar-refractivity contribution >= 4 is 0 Å². The molecular weight excluding hydrogens is 176 g/mol. The van der Waals surface area contributed by atoms with Gasteiger partial charge in [-0.2, -0.15) is 0 Å². The molecule has 1 atom stereocenters. The van der Waals surface area contributed by atoms with E-state index in [4.69, 9.17) is 10.5 Å². The molecule has 0 aromatic carbocycles. The van der Waals surface area contributed by atoms with E-state index in [1.165, 1.54) is 6.42 Å². The van der Waals surface area contributed by atoms with Gasteiger partial charge in [-0.05, 0) is 26.3 Å². The Morgan fingerprint density at radius 3 is 2.43 bits per heavy atom. The van der Waals surface area contributed by atoms with Gasteiger partial charge in [-0.25, -0.2) is 0 Å². The second-order valence-corrected chi connectivity index (χ2v) is 4.20. The highest BCUT2D eigenvalue weighted by Crippen LogP contribution is 2.08. The molecule has 0 aliphatic rings. The maximum absolute atomic E-state index is 5.74. The van der Waals surface area contributed by atoms with Crippen LogP contribution in [0.5, 0.6) is 0 Å². The van der Waals surface area contributed by atoms with Gasteiger partial charge in [-0.1, -0.05) is 13.8 Å². The molecule has 0 spiro atoms. The van der Waals surface area contributed by atoms with Crippen molar-refractivity contribution in [3.05, 3.63) is 0 Å². The predicted octanol–water partition coefficient (Wildman–Crippen LogP) is 1.33. The Hall–Kier alpha value is -0.120. The molecule has 1 unspecified atom stereocenters. The normalized spacial score (nSPS) is 13.9. The lowest BCUT2D eigenvalue weighted by atomic mass is 10.0. The molecule has 0 heterocycles. The van der Waals surface area contributed by atoms with Crippen molar-refractivity contribution in [2.45, 2.75) is 33.2 Å². The van der Waals surface area contributed by atoms with Crippen LogP contribution in [0.4, 0.5) is 0 Å². The van der Waals surface area contributed by atoms with E-state index in [9.17, 15) is 0 Å². The van der Waals surface area contributed by atoms with Crippen LogP contribution in [0.15, 0.2) is 0 Å². The van der Waals surface area contributed by atoms with Crippen molar-refractivity contribution in [1.82, 2.24) is 4.90 Å². The first-order valence-electron chi connectivity index (χ1n) is 5.59. The zero-order chi connectivity index (χ0) is 11.0. The van der Waals surface area contributed by atoms with Gasteiger partial charge in [-0.3, -0.25) is 4.90 Å². The fourth-order valence-corrected chi connectivity index (χ4v) is 1.54. The maximum atomic E-state index is 5.74. The fourth-order valence-electron chi connectivity index (χ4n) is 1.54. The first-order valence-corrected chi connectivity index (χ1v) is 5.59. The summed E-state index contributed by atoms with van der Waals surface area (Å²) in [5.74, 6) is 0.707. The Bertz CT molecular complexity index is 128. The van der Waals surface area contributed by atoms with Gasteiger partial charge in [0.15, 0.2) is 0 Å². The molecule has 0 bridgehead atoms. The Morgan fingerprint density at radius 2 is 2.00 bits per heavy atom. The van der Waals surface area contributed by atoms with Crippen molar-refractivity contribution in [2.75, 3.05) is 33.4 Å². The third-order valence-electron chi connectivity index (χ3n) is 2.43. The molecule has 0 aromatic rings. The van der Waals surface area contributed by atoms with Gasteiger partial charge >= 0.3 is 0 Å². The molecule has 0 radical (unpaired) electrons. The molecular formula is C11H26N2O. The number of likely N-dealkylation sites (N-methyl/N-ethyl adjacent to an activating group) is 1. The lowest BCUT2D eigenvalue weighted by molar-refractivity contribution is 0.104. The highest BCUT2D eigenvalue weighted by Gasteiger charge is 2.13. The van der Waals surface area contributed by atoms with Gasteiger partial charge in [0.2, 0.25) is 0 Å². The molecule has 0 aromatic heterocycles. The average Bonchev–Trinajstić information content (AvgIpc) is 2.14. The lowest BCUT2D eigenvalue weighted by Crippen LogP contribution is -2.40. The van der Waals surface area contributed by atoms with Gasteiger partial charge in [0, 0.05) is 25.7 Å². The Balaban J connectivity index is 3.73. The van der Waals surface area contributed by atoms with Crippen LogP contribution < -0.4 is 5.73 Å². The second kappa shape index (κ2) is 8.21. The molecule has 0 saturated heterocycles. The molecule has 14 heavy (non-hydrogen) atoms. The third-order valence-corrected chi connectivity index (χ3v) is 2.43. The van der Waals surface area contributed by atoms with Crippen molar-refractivity contribution < 1.29 is 4.74 Å². The molecule has 0 rings (SSSR count). The topological polar surface area (TPSA) is 38.5 Å². The van der Waals surface area contributed by atoms with E-state index in [0.717, 1.165) is 26.3 Å². The first-order chi connectivity index (χ1) is 6.61. The summed E-state index contributed by atoms with van der Waals surface area (Å²) in [5.41, 5.74) is 5.74. The van der Waals surface area contributed by atoms with Crippen molar-refractivity contribution in [3.8, 4) is 0 Å². The summed E-state index contributed by atoms with van der Waals surface area (Å²) in [6.45, 7) is 9.81. The fraction of sp³-hybridized carbons (Fsp3) is 1.00. The van der Waals surface area contributed by atoms with Crippen LogP contribution in [0.2, 0.25) is 0 Å². The summed E-state index contributed by atoms with van der Waals surface area (Å²) in [7, 11) is 2.12. The summed E-state index contributed by atoms with van der Waals surface area (Å²) in [4.78, 5) is 2.30. The average molecular weight is 202 g/mol. The number of rotatable bonds is 8. The Morgan fingerprint density at radius 1 is 1.36 bits per heavy atom. The minimum atomic E-state index is 0.496. The van der Waals surface area contributed by atoms with E-state index >= 15 is 0 Å². The van der Waals surface area contributed by atoms with Crippen LogP contribution in [-0.4, -0.2) is 44.3 Å². The molecule has 0 fully saturated rings. The summed E-state index contributed by atoms with van der Waals surface area (Å²) in [5, 5.41) is 0. The summed E-state index contributed by atoms with van der Waals surface area (Å²) >= 11 is 0. The Labute approximate surface area is 88.6 Å². The molecule has 0 aliphatic carbocycles. The monoisotopic (exact) mass is 202 g/mol. The van der Waals surface area contributed by atoms with Crippen LogP contribution >= 0.6 is 0 Å². The summed E-state index contributed by atoms with van der Waals surface area (Å²) < 4.78 is 5.32. The van der Waals surface area contributed by atoms with Crippen LogP contribution in [0, 0.1) is 5.92 Å². The van der Waals surface area contributed by atoms with Crippen molar-refractivity contribution in [2.24, 2.45) is 11.7 Å². The van der Waals surface area contributed by atoms with Crippen LogP contribution in [-0.2, 0) is 4.74 Å². The maximum Gasteiger partial charge on any atom is 0.0593 e. The first kappa shape index (κ1) is 13.9. The van der Waals surface area contributed by atoms with Gasteiger partial charge in [0.1, 0.15) is 0 Å². The highest BCUT2D eigenvalue weighted by molar-refractivity contribution is 4.70. The number of ether oxygens (including phenoxy) is 1. The van der Waals surface area contributed by atoms with E-state index in [-0.39, 0.29) is 0 Å². The van der Waals surface area contributed by atoms with E-state index in [0.29, 0.717) is 12.0 Å². The van der Waals surface area contributed by atoms with Crippen LogP contribution in [0.1, 0.15) is 27.2 Å². The van der Waals surface area contributed by atoms with Gasteiger partial charge in [0.05, 0.1) is 6.61 Å². The summed E-state index contributed by atoms with van der Waals surface area (Å²) in [6, 6.07) is 0.496. The van der Waals surface area contributed by atoms with Gasteiger partial charge in [-0.15, -0.1) is 0 Å². The highest BCUT2D eigenvalue weighted by atomic mass is 16.5. The number of hydrogen-bond donors (Lipinski definition) is 1. The predicted molar refractivity (Wildman–Crippen MR) is 61.4 cm³/mol. The molecule has 0 saturated carbocycles. The smallest absolute Gasteiger partial charge is 0.0593 e. The quantitative estimate of drug-likeness (QED) is 0.603. The number of nitrogens with two attached hydrogens (primary N) is 1. The van der Waals surface area contributed by atoms with Gasteiger partial charge in [0.25, 0.3) is 0 Å². The van der Waals surface area contributed by atoms with E-state index < -0.39 is 0 Å². The second-order valence-electron chi connectivity index (χ2n) is 4.20. The molecule has 86 valence electrons. The largest absolute Gasteiger partial charge is 0.380 e. The summed E-state index contributed by atoms with van der Waals surface area (Å²) in [6.07, 6.45) is 1.17. The minimum Gasteiger partial charge on any atom is -0.380 e. The standard InChI is InChI=1S/C11H26N2O/c1-5-14-7-6-13(4)11(9-12)8-10(2)3/h10-11H,5-9,12H2,1-4H3. The zero-order valence-electron chi connectivity index (χ0n) is 10.1. The Kier molecular flexibility index (Phi) is 8.14. The minimum absolute atomic E-state index is 0.496. The molecule has 2 N–H and O–H groups in total. The zero-order valence-corrected chi connectivity index (χ0v) is 10.1. The number of hydrogen-bond acceptors (Lipinski definition) is 3. The van der Waals surface area contributed by atoms with Gasteiger partial charge < -0.3 is 10.5 Å². The molecule has 3 heteroatoms. The SMILES string of the molecule is CCOCCN(C)C(CN)CC(C)C. The van der Waals surface area contributed by atoms with Crippen LogP contribution in [0.3, 0.4) is 0 Å². The van der Waals surface area contributed by atoms with Crippen molar-refractivity contribution in [3.63, 3.8) is 0 Å². The van der Waals surface area contributed by atoms with E-state index in [1.807, 2.05) is 6.92 Å². The molecule has 3 nitrogen and oxygen atoms in total. The molecule has 0 aliphatic heterocycles. The van der Waals surface area contributed by atoms with E-state index in [1.54, 1.807) is 0 Å². The third kappa shape index (κ3) is 6.35. The molecule has 0 amide bonds. The van der Waals surface area contributed by atoms with Crippen molar-refractivity contribution in [1.29, 1.82) is 0 Å². The van der Waals surface area contributed by atoms with Crippen LogP contribution in [0.25, 0.3) is 0 Å². The van der Waals surface area contributed by atoms with E-state index in [2.05, 4.69) is 25.8 Å². The lowest BCUT2D eigenvalue weighted by Gasteiger charge is -2.28. The number of nitrogens with zero attached hydrogens (tertiary/aromatic N) is 1.